The van der Waals surface area contributed by atoms with Crippen molar-refractivity contribution in [1.29, 1.82) is 0 Å². The molecule has 31 heavy (non-hydrogen) atoms. The molecule has 0 atom stereocenters. The lowest BCUT2D eigenvalue weighted by atomic mass is 10.2. The summed E-state index contributed by atoms with van der Waals surface area (Å²) in [4.78, 5) is 25.8. The SMILES string of the molecule is O=c1cnc2ccccc2[nH]1.Oc1ccccc1C=NCCN=Cc1ccccc1O. The molecule has 0 bridgehead atoms. The van der Waals surface area contributed by atoms with Crippen LogP contribution in [0.2, 0.25) is 0 Å². The van der Waals surface area contributed by atoms with E-state index in [9.17, 15) is 15.0 Å². The number of para-hydroxylation sites is 4. The molecule has 0 fully saturated rings. The first-order valence-corrected chi connectivity index (χ1v) is 9.63. The second-order valence-electron chi connectivity index (χ2n) is 6.45. The van der Waals surface area contributed by atoms with Crippen LogP contribution in [-0.2, 0) is 0 Å². The molecule has 7 heteroatoms. The lowest BCUT2D eigenvalue weighted by molar-refractivity contribution is 0.474. The van der Waals surface area contributed by atoms with Gasteiger partial charge in [-0.15, -0.1) is 0 Å². The zero-order valence-corrected chi connectivity index (χ0v) is 16.7. The van der Waals surface area contributed by atoms with Crippen molar-refractivity contribution in [2.75, 3.05) is 13.1 Å². The maximum atomic E-state index is 10.8. The zero-order chi connectivity index (χ0) is 21.9. The smallest absolute Gasteiger partial charge is 0.266 e. The molecule has 1 aromatic heterocycles. The normalized spacial score (nSPS) is 11.0. The van der Waals surface area contributed by atoms with Crippen LogP contribution in [0.3, 0.4) is 0 Å². The Morgan fingerprint density at radius 1 is 0.774 bits per heavy atom. The fraction of sp³-hybridized carbons (Fsp3) is 0.0833. The molecule has 0 saturated carbocycles. The summed E-state index contributed by atoms with van der Waals surface area (Å²) in [5.41, 5.74) is 2.81. The zero-order valence-electron chi connectivity index (χ0n) is 16.7. The van der Waals surface area contributed by atoms with Gasteiger partial charge < -0.3 is 15.2 Å². The van der Waals surface area contributed by atoms with Crippen molar-refractivity contribution in [2.24, 2.45) is 9.98 Å². The molecule has 3 aromatic carbocycles. The molecule has 156 valence electrons. The third kappa shape index (κ3) is 6.64. The number of fused-ring (bicyclic) bond motifs is 1. The average molecular weight is 414 g/mol. The van der Waals surface area contributed by atoms with Crippen LogP contribution in [0.25, 0.3) is 11.0 Å². The minimum absolute atomic E-state index is 0.163. The molecule has 0 aliphatic carbocycles. The third-order valence-corrected chi connectivity index (χ3v) is 4.18. The van der Waals surface area contributed by atoms with Crippen molar-refractivity contribution in [1.82, 2.24) is 9.97 Å². The molecule has 0 saturated heterocycles. The Labute approximate surface area is 179 Å². The van der Waals surface area contributed by atoms with Crippen LogP contribution >= 0.6 is 0 Å². The highest BCUT2D eigenvalue weighted by Gasteiger charge is 1.95. The highest BCUT2D eigenvalue weighted by Crippen LogP contribution is 2.13. The number of H-pyrrole nitrogens is 1. The van der Waals surface area contributed by atoms with Gasteiger partial charge in [-0.3, -0.25) is 14.8 Å². The molecule has 4 rings (SSSR count). The van der Waals surface area contributed by atoms with Crippen molar-refractivity contribution >= 4 is 23.5 Å². The third-order valence-electron chi connectivity index (χ3n) is 4.18. The number of aliphatic imine (C=N–C) groups is 2. The summed E-state index contributed by atoms with van der Waals surface area (Å²) in [5.74, 6) is 0.433. The molecular formula is C24H22N4O3. The van der Waals surface area contributed by atoms with E-state index in [0.717, 1.165) is 11.0 Å². The maximum absolute atomic E-state index is 10.8. The van der Waals surface area contributed by atoms with Crippen molar-refractivity contribution in [3.63, 3.8) is 0 Å². The second kappa shape index (κ2) is 11.1. The van der Waals surface area contributed by atoms with E-state index in [0.29, 0.717) is 24.2 Å². The summed E-state index contributed by atoms with van der Waals surface area (Å²) in [6.45, 7) is 1.05. The summed E-state index contributed by atoms with van der Waals surface area (Å²) >= 11 is 0. The predicted octanol–water partition coefficient (Wildman–Crippen LogP) is 3.56. The first-order chi connectivity index (χ1) is 15.1. The molecular weight excluding hydrogens is 392 g/mol. The average Bonchev–Trinajstić information content (AvgIpc) is 2.79. The van der Waals surface area contributed by atoms with Gasteiger partial charge in [0.1, 0.15) is 11.5 Å². The van der Waals surface area contributed by atoms with Gasteiger partial charge >= 0.3 is 0 Å². The van der Waals surface area contributed by atoms with Crippen LogP contribution in [0.15, 0.2) is 93.8 Å². The van der Waals surface area contributed by atoms with Gasteiger partial charge in [0, 0.05) is 23.6 Å². The van der Waals surface area contributed by atoms with E-state index < -0.39 is 0 Å². The Morgan fingerprint density at radius 2 is 1.29 bits per heavy atom. The summed E-state index contributed by atoms with van der Waals surface area (Å²) < 4.78 is 0. The molecule has 0 amide bonds. The minimum Gasteiger partial charge on any atom is -0.507 e. The van der Waals surface area contributed by atoms with Crippen molar-refractivity contribution < 1.29 is 10.2 Å². The number of benzene rings is 3. The predicted molar refractivity (Wildman–Crippen MR) is 123 cm³/mol. The molecule has 0 unspecified atom stereocenters. The topological polar surface area (TPSA) is 111 Å². The van der Waals surface area contributed by atoms with Crippen LogP contribution in [0.1, 0.15) is 11.1 Å². The van der Waals surface area contributed by atoms with Gasteiger partial charge in [0.15, 0.2) is 0 Å². The number of phenols is 2. The number of rotatable bonds is 5. The maximum Gasteiger partial charge on any atom is 0.266 e. The molecule has 0 spiro atoms. The Balaban J connectivity index is 0.000000207. The molecule has 0 aliphatic rings. The number of aromatic hydroxyl groups is 2. The fourth-order valence-electron chi connectivity index (χ4n) is 2.62. The Morgan fingerprint density at radius 3 is 1.87 bits per heavy atom. The van der Waals surface area contributed by atoms with Crippen LogP contribution in [0.5, 0.6) is 11.5 Å². The summed E-state index contributed by atoms with van der Waals surface area (Å²) in [7, 11) is 0. The quantitative estimate of drug-likeness (QED) is 0.342. The standard InChI is InChI=1S/C16H16N2O2.C8H6N2O/c19-15-7-3-1-5-13(15)11-17-9-10-18-12-14-6-2-4-8-16(14)20;11-8-5-9-6-3-1-2-4-7(6)10-8/h1-8,11-12,19-20H,9-10H2;1-5H,(H,10,11). The van der Waals surface area contributed by atoms with E-state index in [1.165, 1.54) is 6.20 Å². The van der Waals surface area contributed by atoms with Gasteiger partial charge in [-0.25, -0.2) is 4.98 Å². The van der Waals surface area contributed by atoms with Gasteiger partial charge in [-0.2, -0.15) is 0 Å². The van der Waals surface area contributed by atoms with Crippen molar-refractivity contribution in [3.8, 4) is 11.5 Å². The number of hydrogen-bond acceptors (Lipinski definition) is 6. The van der Waals surface area contributed by atoms with Crippen LogP contribution in [-0.4, -0.2) is 45.7 Å². The summed E-state index contributed by atoms with van der Waals surface area (Å²) in [6, 6.07) is 21.5. The molecule has 4 aromatic rings. The fourth-order valence-corrected chi connectivity index (χ4v) is 2.62. The van der Waals surface area contributed by atoms with Gasteiger partial charge in [0.25, 0.3) is 5.56 Å². The number of aromatic nitrogens is 2. The number of hydrogen-bond donors (Lipinski definition) is 3. The molecule has 0 radical (unpaired) electrons. The van der Waals surface area contributed by atoms with E-state index in [1.54, 1.807) is 48.8 Å². The van der Waals surface area contributed by atoms with E-state index in [4.69, 9.17) is 0 Å². The van der Waals surface area contributed by atoms with Crippen LogP contribution in [0, 0.1) is 0 Å². The Hall–Kier alpha value is -4.26. The van der Waals surface area contributed by atoms with E-state index in [-0.39, 0.29) is 17.1 Å². The summed E-state index contributed by atoms with van der Waals surface area (Å²) in [5, 5.41) is 19.1. The first kappa shape index (κ1) is 21.4. The Kier molecular flexibility index (Phi) is 7.65. The highest BCUT2D eigenvalue weighted by atomic mass is 16.3. The van der Waals surface area contributed by atoms with E-state index >= 15 is 0 Å². The van der Waals surface area contributed by atoms with Crippen molar-refractivity contribution in [2.45, 2.75) is 0 Å². The van der Waals surface area contributed by atoms with Gasteiger partial charge in [0.05, 0.1) is 30.3 Å². The minimum atomic E-state index is -0.163. The summed E-state index contributed by atoms with van der Waals surface area (Å²) in [6.07, 6.45) is 4.54. The number of nitrogens with one attached hydrogen (secondary N) is 1. The van der Waals surface area contributed by atoms with Crippen LogP contribution < -0.4 is 5.56 Å². The van der Waals surface area contributed by atoms with E-state index in [1.807, 2.05) is 36.4 Å². The number of nitrogens with zero attached hydrogens (tertiary/aromatic N) is 3. The molecule has 7 nitrogen and oxygen atoms in total. The monoisotopic (exact) mass is 414 g/mol. The van der Waals surface area contributed by atoms with Gasteiger partial charge in [-0.05, 0) is 36.4 Å². The van der Waals surface area contributed by atoms with Gasteiger partial charge in [0.2, 0.25) is 0 Å². The highest BCUT2D eigenvalue weighted by molar-refractivity contribution is 5.84. The lowest BCUT2D eigenvalue weighted by Crippen LogP contribution is -2.04. The Bertz CT molecular complexity index is 1190. The van der Waals surface area contributed by atoms with Crippen LogP contribution in [0.4, 0.5) is 0 Å². The lowest BCUT2D eigenvalue weighted by Gasteiger charge is -1.97. The molecule has 1 heterocycles. The number of phenolic OH excluding ortho intramolecular Hbond substituents is 2. The first-order valence-electron chi connectivity index (χ1n) is 9.63. The largest absolute Gasteiger partial charge is 0.507 e. The van der Waals surface area contributed by atoms with Crippen molar-refractivity contribution in [3.05, 3.63) is 100 Å². The number of aromatic amines is 1. The van der Waals surface area contributed by atoms with E-state index in [2.05, 4.69) is 20.0 Å². The second-order valence-corrected chi connectivity index (χ2v) is 6.45. The molecule has 0 aliphatic heterocycles. The molecule has 3 N–H and O–H groups in total. The van der Waals surface area contributed by atoms with Gasteiger partial charge in [-0.1, -0.05) is 36.4 Å².